The summed E-state index contributed by atoms with van der Waals surface area (Å²) in [7, 11) is 1.37. The summed E-state index contributed by atoms with van der Waals surface area (Å²) in [5.41, 5.74) is 4.86. The summed E-state index contributed by atoms with van der Waals surface area (Å²) in [5.74, 6) is -2.41. The van der Waals surface area contributed by atoms with E-state index in [2.05, 4.69) is 5.32 Å². The number of urea groups is 1. The molecular formula is C11H13N3O5. The number of primary amides is 1. The van der Waals surface area contributed by atoms with E-state index in [1.807, 2.05) is 0 Å². The zero-order valence-electron chi connectivity index (χ0n) is 10.1. The molecule has 0 aliphatic heterocycles. The number of hydrogen-bond donors (Lipinski definition) is 4. The van der Waals surface area contributed by atoms with E-state index in [0.717, 1.165) is 17.0 Å². The Labute approximate surface area is 108 Å². The number of carboxylic acids is 1. The minimum atomic E-state index is -1.28. The van der Waals surface area contributed by atoms with Crippen molar-refractivity contribution >= 4 is 23.6 Å². The van der Waals surface area contributed by atoms with Gasteiger partial charge in [0.05, 0.1) is 0 Å². The quantitative estimate of drug-likeness (QED) is 0.611. The molecule has 0 atom stereocenters. The summed E-state index contributed by atoms with van der Waals surface area (Å²) in [6, 6.07) is 2.96. The van der Waals surface area contributed by atoms with Gasteiger partial charge in [0.2, 0.25) is 5.91 Å². The molecule has 1 aromatic rings. The van der Waals surface area contributed by atoms with Crippen LogP contribution in [-0.2, 0) is 4.79 Å². The van der Waals surface area contributed by atoms with E-state index in [1.54, 1.807) is 0 Å². The topological polar surface area (TPSA) is 133 Å². The molecule has 102 valence electrons. The van der Waals surface area contributed by atoms with Crippen molar-refractivity contribution in [1.82, 2.24) is 4.90 Å². The lowest BCUT2D eigenvalue weighted by Gasteiger charge is -2.16. The predicted molar refractivity (Wildman–Crippen MR) is 65.9 cm³/mol. The van der Waals surface area contributed by atoms with Crippen LogP contribution in [-0.4, -0.2) is 46.6 Å². The number of aromatic hydroxyl groups is 1. The van der Waals surface area contributed by atoms with Gasteiger partial charge in [0.15, 0.2) is 0 Å². The van der Waals surface area contributed by atoms with Crippen molar-refractivity contribution in [2.75, 3.05) is 18.9 Å². The molecule has 0 fully saturated rings. The van der Waals surface area contributed by atoms with E-state index in [0.29, 0.717) is 0 Å². The fraction of sp³-hybridized carbons (Fsp3) is 0.182. The van der Waals surface area contributed by atoms with Gasteiger partial charge in [-0.15, -0.1) is 0 Å². The normalized spacial score (nSPS) is 9.74. The maximum Gasteiger partial charge on any atom is 0.339 e. The van der Waals surface area contributed by atoms with Gasteiger partial charge in [-0.1, -0.05) is 0 Å². The molecule has 3 amide bonds. The first-order valence-electron chi connectivity index (χ1n) is 5.18. The number of rotatable bonds is 4. The van der Waals surface area contributed by atoms with Crippen LogP contribution in [0.15, 0.2) is 18.2 Å². The van der Waals surface area contributed by atoms with Gasteiger partial charge in [0.1, 0.15) is 17.9 Å². The molecule has 0 saturated heterocycles. The average Bonchev–Trinajstić information content (AvgIpc) is 2.27. The molecule has 8 nitrogen and oxygen atoms in total. The van der Waals surface area contributed by atoms with E-state index < -0.39 is 23.7 Å². The van der Waals surface area contributed by atoms with Crippen LogP contribution in [0, 0.1) is 0 Å². The van der Waals surface area contributed by atoms with Gasteiger partial charge in [-0.25, -0.2) is 9.59 Å². The number of anilines is 1. The van der Waals surface area contributed by atoms with E-state index in [4.69, 9.17) is 10.8 Å². The summed E-state index contributed by atoms with van der Waals surface area (Å²) in [5, 5.41) is 20.5. The zero-order chi connectivity index (χ0) is 14.6. The fourth-order valence-corrected chi connectivity index (χ4v) is 1.31. The monoisotopic (exact) mass is 267 g/mol. The SMILES string of the molecule is CN(CC(N)=O)C(=O)Nc1ccc(C(=O)O)c(O)c1. The Hall–Kier alpha value is -2.77. The van der Waals surface area contributed by atoms with Crippen LogP contribution in [0.5, 0.6) is 5.75 Å². The summed E-state index contributed by atoms with van der Waals surface area (Å²) in [4.78, 5) is 33.9. The van der Waals surface area contributed by atoms with Crippen LogP contribution in [0.2, 0.25) is 0 Å². The molecule has 0 radical (unpaired) electrons. The maximum atomic E-state index is 11.6. The lowest BCUT2D eigenvalue weighted by atomic mass is 10.2. The van der Waals surface area contributed by atoms with Gasteiger partial charge in [0.25, 0.3) is 0 Å². The highest BCUT2D eigenvalue weighted by Gasteiger charge is 2.13. The number of amides is 3. The molecular weight excluding hydrogens is 254 g/mol. The molecule has 0 heterocycles. The number of nitrogens with one attached hydrogen (secondary N) is 1. The Morgan fingerprint density at radius 3 is 2.47 bits per heavy atom. The zero-order valence-corrected chi connectivity index (χ0v) is 10.1. The van der Waals surface area contributed by atoms with E-state index >= 15 is 0 Å². The van der Waals surface area contributed by atoms with Gasteiger partial charge in [-0.2, -0.15) is 0 Å². The number of carboxylic acid groups (broad SMARTS) is 1. The van der Waals surface area contributed by atoms with Gasteiger partial charge >= 0.3 is 12.0 Å². The van der Waals surface area contributed by atoms with Gasteiger partial charge < -0.3 is 26.2 Å². The van der Waals surface area contributed by atoms with Gasteiger partial charge in [-0.05, 0) is 12.1 Å². The largest absolute Gasteiger partial charge is 0.507 e. The molecule has 0 unspecified atom stereocenters. The predicted octanol–water partition coefficient (Wildman–Crippen LogP) is 0.0394. The second-order valence-corrected chi connectivity index (χ2v) is 3.79. The second kappa shape index (κ2) is 5.71. The number of benzene rings is 1. The highest BCUT2D eigenvalue weighted by Crippen LogP contribution is 2.22. The molecule has 1 rings (SSSR count). The van der Waals surface area contributed by atoms with Crippen LogP contribution in [0.1, 0.15) is 10.4 Å². The van der Waals surface area contributed by atoms with Crippen molar-refractivity contribution in [3.05, 3.63) is 23.8 Å². The molecule has 0 bridgehead atoms. The molecule has 0 spiro atoms. The molecule has 0 aromatic heterocycles. The first-order valence-corrected chi connectivity index (χ1v) is 5.18. The van der Waals surface area contributed by atoms with Crippen LogP contribution in [0.25, 0.3) is 0 Å². The standard InChI is InChI=1S/C11H13N3O5/c1-14(5-9(12)16)11(19)13-6-2-3-7(10(17)18)8(15)4-6/h2-4,15H,5H2,1H3,(H2,12,16)(H,13,19)(H,17,18). The van der Waals surface area contributed by atoms with E-state index in [-0.39, 0.29) is 17.8 Å². The van der Waals surface area contributed by atoms with E-state index in [1.165, 1.54) is 13.1 Å². The highest BCUT2D eigenvalue weighted by atomic mass is 16.4. The number of carbonyl (C=O) groups excluding carboxylic acids is 2. The minimum absolute atomic E-state index is 0.198. The fourth-order valence-electron chi connectivity index (χ4n) is 1.31. The lowest BCUT2D eigenvalue weighted by molar-refractivity contribution is -0.118. The summed E-state index contributed by atoms with van der Waals surface area (Å²) in [6.45, 7) is -0.259. The van der Waals surface area contributed by atoms with Crippen LogP contribution >= 0.6 is 0 Å². The van der Waals surface area contributed by atoms with Crippen molar-refractivity contribution < 1.29 is 24.6 Å². The third kappa shape index (κ3) is 3.87. The molecule has 5 N–H and O–H groups in total. The minimum Gasteiger partial charge on any atom is -0.507 e. The number of likely N-dealkylation sites (N-methyl/N-ethyl adjacent to an activating group) is 1. The first kappa shape index (κ1) is 14.3. The lowest BCUT2D eigenvalue weighted by Crippen LogP contribution is -2.38. The second-order valence-electron chi connectivity index (χ2n) is 3.79. The highest BCUT2D eigenvalue weighted by molar-refractivity contribution is 5.94. The Balaban J connectivity index is 2.78. The molecule has 19 heavy (non-hydrogen) atoms. The summed E-state index contributed by atoms with van der Waals surface area (Å²) in [6.07, 6.45) is 0. The number of aromatic carboxylic acids is 1. The Morgan fingerprint density at radius 2 is 2.00 bits per heavy atom. The number of nitrogens with two attached hydrogens (primary N) is 1. The summed E-state index contributed by atoms with van der Waals surface area (Å²) < 4.78 is 0. The first-order chi connectivity index (χ1) is 8.81. The van der Waals surface area contributed by atoms with Crippen molar-refractivity contribution in [2.45, 2.75) is 0 Å². The molecule has 0 saturated carbocycles. The van der Waals surface area contributed by atoms with Crippen molar-refractivity contribution in [3.8, 4) is 5.75 Å². The van der Waals surface area contributed by atoms with Crippen LogP contribution < -0.4 is 11.1 Å². The average molecular weight is 267 g/mol. The van der Waals surface area contributed by atoms with Gasteiger partial charge in [0, 0.05) is 18.8 Å². The van der Waals surface area contributed by atoms with E-state index in [9.17, 15) is 19.5 Å². The Bertz CT molecular complexity index is 529. The smallest absolute Gasteiger partial charge is 0.339 e. The third-order valence-electron chi connectivity index (χ3n) is 2.22. The molecule has 1 aromatic carbocycles. The maximum absolute atomic E-state index is 11.6. The van der Waals surface area contributed by atoms with Crippen LogP contribution in [0.4, 0.5) is 10.5 Å². The molecule has 0 aliphatic carbocycles. The number of phenols is 1. The number of carbonyl (C=O) groups is 3. The molecule has 0 aliphatic rings. The van der Waals surface area contributed by atoms with Crippen molar-refractivity contribution in [3.63, 3.8) is 0 Å². The van der Waals surface area contributed by atoms with Gasteiger partial charge in [-0.3, -0.25) is 4.79 Å². The third-order valence-corrected chi connectivity index (χ3v) is 2.22. The van der Waals surface area contributed by atoms with Crippen LogP contribution in [0.3, 0.4) is 0 Å². The molecule has 8 heteroatoms. The summed E-state index contributed by atoms with van der Waals surface area (Å²) >= 11 is 0. The van der Waals surface area contributed by atoms with Crippen molar-refractivity contribution in [1.29, 1.82) is 0 Å². The van der Waals surface area contributed by atoms with Crippen molar-refractivity contribution in [2.24, 2.45) is 5.73 Å². The number of hydrogen-bond acceptors (Lipinski definition) is 4. The Morgan fingerprint density at radius 1 is 1.37 bits per heavy atom. The Kier molecular flexibility index (Phi) is 4.30. The number of nitrogens with zero attached hydrogens (tertiary/aromatic N) is 1.